The fraction of sp³-hybridized carbons (Fsp3) is 1.00. The Morgan fingerprint density at radius 2 is 1.31 bits per heavy atom. The van der Waals surface area contributed by atoms with Crippen molar-refractivity contribution in [1.29, 1.82) is 0 Å². The SMILES string of the molecule is C1CCC2C(C1)CC1CCCC2C1. The van der Waals surface area contributed by atoms with Crippen molar-refractivity contribution in [2.45, 2.75) is 57.8 Å². The van der Waals surface area contributed by atoms with E-state index in [1.54, 1.807) is 57.8 Å². The highest BCUT2D eigenvalue weighted by Crippen LogP contribution is 2.51. The number of fused-ring (bicyclic) bond motifs is 4. The third kappa shape index (κ3) is 1.43. The minimum absolute atomic E-state index is 1.15. The number of hydrogen-bond donors (Lipinski definition) is 0. The molecule has 0 spiro atoms. The molecule has 3 fully saturated rings. The number of rotatable bonds is 0. The third-order valence-corrected chi connectivity index (χ3v) is 5.03. The van der Waals surface area contributed by atoms with Crippen LogP contribution in [0.1, 0.15) is 57.8 Å². The summed E-state index contributed by atoms with van der Waals surface area (Å²) in [6.45, 7) is 0. The maximum atomic E-state index is 1.61. The first-order chi connectivity index (χ1) is 6.43. The average molecular weight is 178 g/mol. The Hall–Kier alpha value is 0. The molecule has 3 aliphatic carbocycles. The molecule has 4 atom stereocenters. The van der Waals surface area contributed by atoms with E-state index in [4.69, 9.17) is 0 Å². The van der Waals surface area contributed by atoms with E-state index in [0.29, 0.717) is 0 Å². The lowest BCUT2D eigenvalue weighted by Crippen LogP contribution is -2.37. The molecule has 0 aliphatic heterocycles. The maximum absolute atomic E-state index is 1.61. The van der Waals surface area contributed by atoms with Crippen LogP contribution in [-0.2, 0) is 0 Å². The largest absolute Gasteiger partial charge is 0.0530 e. The van der Waals surface area contributed by atoms with E-state index in [1.807, 2.05) is 0 Å². The predicted octanol–water partition coefficient (Wildman–Crippen LogP) is 4.00. The van der Waals surface area contributed by atoms with Gasteiger partial charge in [-0.15, -0.1) is 0 Å². The van der Waals surface area contributed by atoms with Crippen LogP contribution >= 0.6 is 0 Å². The van der Waals surface area contributed by atoms with Crippen LogP contribution in [-0.4, -0.2) is 0 Å². The Kier molecular flexibility index (Phi) is 2.11. The molecule has 0 aromatic rings. The minimum atomic E-state index is 1.15. The zero-order valence-electron chi connectivity index (χ0n) is 8.67. The average Bonchev–Trinajstić information content (AvgIpc) is 2.18. The van der Waals surface area contributed by atoms with Crippen molar-refractivity contribution in [1.82, 2.24) is 0 Å². The predicted molar refractivity (Wildman–Crippen MR) is 55.5 cm³/mol. The second kappa shape index (κ2) is 3.29. The molecule has 74 valence electrons. The Morgan fingerprint density at radius 1 is 0.615 bits per heavy atom. The van der Waals surface area contributed by atoms with Crippen LogP contribution in [0.3, 0.4) is 0 Å². The van der Waals surface area contributed by atoms with Crippen molar-refractivity contribution >= 4 is 0 Å². The van der Waals surface area contributed by atoms with E-state index in [0.717, 1.165) is 17.8 Å². The first kappa shape index (κ1) is 8.32. The first-order valence-electron chi connectivity index (χ1n) is 6.43. The van der Waals surface area contributed by atoms with Crippen LogP contribution in [0.25, 0.3) is 0 Å². The molecule has 0 radical (unpaired) electrons. The summed E-state index contributed by atoms with van der Waals surface area (Å²) in [6, 6.07) is 0. The summed E-state index contributed by atoms with van der Waals surface area (Å²) in [6.07, 6.45) is 14.2. The summed E-state index contributed by atoms with van der Waals surface area (Å²) in [5, 5.41) is 0. The lowest BCUT2D eigenvalue weighted by atomic mass is 9.58. The van der Waals surface area contributed by atoms with Gasteiger partial charge in [-0.25, -0.2) is 0 Å². The Bertz CT molecular complexity index is 180. The van der Waals surface area contributed by atoms with E-state index < -0.39 is 0 Å². The van der Waals surface area contributed by atoms with Crippen LogP contribution in [0.15, 0.2) is 0 Å². The van der Waals surface area contributed by atoms with Gasteiger partial charge in [0.1, 0.15) is 0 Å². The Labute approximate surface area is 82.1 Å². The van der Waals surface area contributed by atoms with Crippen molar-refractivity contribution < 1.29 is 0 Å². The fourth-order valence-electron chi connectivity index (χ4n) is 4.51. The summed E-state index contributed by atoms with van der Waals surface area (Å²) in [7, 11) is 0. The van der Waals surface area contributed by atoms with Gasteiger partial charge in [0, 0.05) is 0 Å². The molecule has 0 N–H and O–H groups in total. The summed E-state index contributed by atoms with van der Waals surface area (Å²) in [5.74, 6) is 4.65. The third-order valence-electron chi connectivity index (χ3n) is 5.03. The molecule has 3 rings (SSSR count). The summed E-state index contributed by atoms with van der Waals surface area (Å²) in [5.41, 5.74) is 0. The lowest BCUT2D eigenvalue weighted by Gasteiger charge is -2.47. The van der Waals surface area contributed by atoms with E-state index in [9.17, 15) is 0 Å². The molecular weight excluding hydrogens is 156 g/mol. The quantitative estimate of drug-likeness (QED) is 0.526. The Balaban J connectivity index is 1.77. The summed E-state index contributed by atoms with van der Waals surface area (Å²) in [4.78, 5) is 0. The van der Waals surface area contributed by atoms with E-state index >= 15 is 0 Å². The molecule has 0 aromatic carbocycles. The maximum Gasteiger partial charge on any atom is -0.0357 e. The second-order valence-corrected chi connectivity index (χ2v) is 5.74. The molecule has 0 amide bonds. The molecule has 0 heteroatoms. The molecule has 0 aromatic heterocycles. The van der Waals surface area contributed by atoms with Gasteiger partial charge in [-0.1, -0.05) is 38.5 Å². The second-order valence-electron chi connectivity index (χ2n) is 5.74. The topological polar surface area (TPSA) is 0 Å². The van der Waals surface area contributed by atoms with Gasteiger partial charge in [-0.05, 0) is 42.9 Å². The highest BCUT2D eigenvalue weighted by atomic mass is 14.5. The van der Waals surface area contributed by atoms with Gasteiger partial charge in [-0.2, -0.15) is 0 Å². The molecule has 0 saturated heterocycles. The van der Waals surface area contributed by atoms with E-state index in [2.05, 4.69) is 0 Å². The molecule has 4 unspecified atom stereocenters. The smallest absolute Gasteiger partial charge is 0.0357 e. The van der Waals surface area contributed by atoms with Crippen LogP contribution in [0.5, 0.6) is 0 Å². The van der Waals surface area contributed by atoms with Gasteiger partial charge in [0.05, 0.1) is 0 Å². The van der Waals surface area contributed by atoms with Crippen LogP contribution in [0, 0.1) is 23.7 Å². The van der Waals surface area contributed by atoms with Gasteiger partial charge in [0.25, 0.3) is 0 Å². The van der Waals surface area contributed by atoms with E-state index in [-0.39, 0.29) is 0 Å². The zero-order valence-corrected chi connectivity index (χ0v) is 8.67. The highest BCUT2D eigenvalue weighted by Gasteiger charge is 2.40. The van der Waals surface area contributed by atoms with Gasteiger partial charge >= 0.3 is 0 Å². The summed E-state index contributed by atoms with van der Waals surface area (Å²) < 4.78 is 0. The van der Waals surface area contributed by atoms with Crippen LogP contribution in [0.4, 0.5) is 0 Å². The first-order valence-corrected chi connectivity index (χ1v) is 6.43. The zero-order chi connectivity index (χ0) is 8.67. The van der Waals surface area contributed by atoms with Crippen molar-refractivity contribution in [3.63, 3.8) is 0 Å². The molecule has 0 heterocycles. The molecule has 2 bridgehead atoms. The van der Waals surface area contributed by atoms with Crippen LogP contribution < -0.4 is 0 Å². The Morgan fingerprint density at radius 3 is 2.15 bits per heavy atom. The number of hydrogen-bond acceptors (Lipinski definition) is 0. The van der Waals surface area contributed by atoms with Crippen molar-refractivity contribution in [3.8, 4) is 0 Å². The van der Waals surface area contributed by atoms with Crippen LogP contribution in [0.2, 0.25) is 0 Å². The lowest BCUT2D eigenvalue weighted by molar-refractivity contribution is 0.0339. The van der Waals surface area contributed by atoms with Crippen molar-refractivity contribution in [2.24, 2.45) is 23.7 Å². The summed E-state index contributed by atoms with van der Waals surface area (Å²) >= 11 is 0. The fourth-order valence-corrected chi connectivity index (χ4v) is 4.51. The van der Waals surface area contributed by atoms with E-state index in [1.165, 1.54) is 5.92 Å². The molecule has 3 aliphatic rings. The highest BCUT2D eigenvalue weighted by molar-refractivity contribution is 4.90. The monoisotopic (exact) mass is 178 g/mol. The normalized spacial score (nSPS) is 49.8. The van der Waals surface area contributed by atoms with Gasteiger partial charge in [0.15, 0.2) is 0 Å². The molecular formula is C13H22. The van der Waals surface area contributed by atoms with Gasteiger partial charge < -0.3 is 0 Å². The van der Waals surface area contributed by atoms with Crippen molar-refractivity contribution in [2.75, 3.05) is 0 Å². The molecule has 3 saturated carbocycles. The molecule has 13 heavy (non-hydrogen) atoms. The standard InChI is InChI=1S/C13H22/c1-2-7-13-11(5-1)8-10-4-3-6-12(13)9-10/h10-13H,1-9H2. The molecule has 0 nitrogen and oxygen atoms in total. The van der Waals surface area contributed by atoms with Gasteiger partial charge in [0.2, 0.25) is 0 Å². The van der Waals surface area contributed by atoms with Crippen molar-refractivity contribution in [3.05, 3.63) is 0 Å². The van der Waals surface area contributed by atoms with Gasteiger partial charge in [-0.3, -0.25) is 0 Å². The minimum Gasteiger partial charge on any atom is -0.0530 e.